The summed E-state index contributed by atoms with van der Waals surface area (Å²) in [7, 11) is 0. The highest BCUT2D eigenvalue weighted by Gasteiger charge is 2.20. The van der Waals surface area contributed by atoms with Crippen LogP contribution in [0.1, 0.15) is 20.9 Å². The molecule has 0 aliphatic carbocycles. The first-order valence-electron chi connectivity index (χ1n) is 8.01. The topological polar surface area (TPSA) is 59.3 Å². The van der Waals surface area contributed by atoms with Crippen LogP contribution in [0.5, 0.6) is 0 Å². The van der Waals surface area contributed by atoms with Crippen molar-refractivity contribution in [2.45, 2.75) is 13.8 Å². The van der Waals surface area contributed by atoms with Crippen molar-refractivity contribution >= 4 is 40.0 Å². The van der Waals surface area contributed by atoms with E-state index in [-0.39, 0.29) is 5.91 Å². The average Bonchev–Trinajstić information content (AvgIpc) is 3.21. The number of anilines is 1. The number of carbonyl (C=O) groups is 1. The standard InChI is InChI=1S/C19H15ClN4OS/c1-11-6-5-7-12(2)15(11)22-18(25)19-23-16(17(20)26-19)13-10-21-24-9-4-3-8-14(13)24/h3-10H,1-2H3,(H,22,25). The van der Waals surface area contributed by atoms with Gasteiger partial charge < -0.3 is 5.32 Å². The summed E-state index contributed by atoms with van der Waals surface area (Å²) < 4.78 is 2.22. The minimum atomic E-state index is -0.267. The second-order valence-electron chi connectivity index (χ2n) is 5.95. The Labute approximate surface area is 159 Å². The summed E-state index contributed by atoms with van der Waals surface area (Å²) in [5, 5.41) is 7.57. The minimum absolute atomic E-state index is 0.267. The van der Waals surface area contributed by atoms with Gasteiger partial charge >= 0.3 is 0 Å². The Hall–Kier alpha value is -2.70. The summed E-state index contributed by atoms with van der Waals surface area (Å²) >= 11 is 7.55. The molecule has 4 aromatic rings. The third-order valence-corrected chi connectivity index (χ3v) is 5.43. The van der Waals surface area contributed by atoms with Crippen molar-refractivity contribution in [2.24, 2.45) is 0 Å². The lowest BCUT2D eigenvalue weighted by Crippen LogP contribution is -2.13. The van der Waals surface area contributed by atoms with E-state index in [1.165, 1.54) is 11.3 Å². The first-order valence-corrected chi connectivity index (χ1v) is 9.20. The molecule has 26 heavy (non-hydrogen) atoms. The van der Waals surface area contributed by atoms with E-state index < -0.39 is 0 Å². The molecule has 5 nitrogen and oxygen atoms in total. The van der Waals surface area contributed by atoms with E-state index in [4.69, 9.17) is 11.6 Å². The number of pyridine rings is 1. The van der Waals surface area contributed by atoms with Gasteiger partial charge in [-0.2, -0.15) is 5.10 Å². The zero-order valence-corrected chi connectivity index (χ0v) is 15.7. The van der Waals surface area contributed by atoms with Gasteiger partial charge in [0.25, 0.3) is 5.91 Å². The molecule has 3 heterocycles. The van der Waals surface area contributed by atoms with Crippen LogP contribution in [0.4, 0.5) is 5.69 Å². The summed E-state index contributed by atoms with van der Waals surface area (Å²) in [5.41, 5.74) is 5.08. The van der Waals surface area contributed by atoms with Crippen molar-refractivity contribution in [3.05, 3.63) is 69.3 Å². The SMILES string of the molecule is Cc1cccc(C)c1NC(=O)c1nc(-c2cnn3ccccc23)c(Cl)s1. The van der Waals surface area contributed by atoms with Crippen LogP contribution in [0.3, 0.4) is 0 Å². The normalized spacial score (nSPS) is 11.0. The van der Waals surface area contributed by atoms with Gasteiger partial charge in [-0.15, -0.1) is 0 Å². The summed E-state index contributed by atoms with van der Waals surface area (Å²) in [6, 6.07) is 11.6. The fourth-order valence-corrected chi connectivity index (χ4v) is 3.93. The number of nitrogens with zero attached hydrogens (tertiary/aromatic N) is 3. The van der Waals surface area contributed by atoms with Gasteiger partial charge in [0.05, 0.1) is 11.7 Å². The molecule has 1 aromatic carbocycles. The molecule has 0 aliphatic heterocycles. The number of hydrogen-bond donors (Lipinski definition) is 1. The van der Waals surface area contributed by atoms with Crippen LogP contribution in [-0.2, 0) is 0 Å². The van der Waals surface area contributed by atoms with Gasteiger partial charge in [0.15, 0.2) is 5.01 Å². The Morgan fingerprint density at radius 3 is 2.69 bits per heavy atom. The quantitative estimate of drug-likeness (QED) is 0.543. The molecule has 1 amide bonds. The lowest BCUT2D eigenvalue weighted by Gasteiger charge is -2.09. The Bertz CT molecular complexity index is 1110. The zero-order valence-electron chi connectivity index (χ0n) is 14.2. The molecule has 3 aromatic heterocycles. The van der Waals surface area contributed by atoms with Gasteiger partial charge in [0, 0.05) is 17.4 Å². The summed E-state index contributed by atoms with van der Waals surface area (Å²) in [4.78, 5) is 17.2. The largest absolute Gasteiger partial charge is 0.319 e. The molecule has 1 N–H and O–H groups in total. The van der Waals surface area contributed by atoms with Crippen LogP contribution in [0, 0.1) is 13.8 Å². The van der Waals surface area contributed by atoms with E-state index in [0.717, 1.165) is 27.9 Å². The zero-order chi connectivity index (χ0) is 18.3. The number of aryl methyl sites for hydroxylation is 2. The molecule has 7 heteroatoms. The van der Waals surface area contributed by atoms with Crippen molar-refractivity contribution in [1.82, 2.24) is 14.6 Å². The minimum Gasteiger partial charge on any atom is -0.319 e. The maximum Gasteiger partial charge on any atom is 0.284 e. The van der Waals surface area contributed by atoms with Crippen LogP contribution < -0.4 is 5.32 Å². The molecule has 0 unspecified atom stereocenters. The lowest BCUT2D eigenvalue weighted by atomic mass is 10.1. The summed E-state index contributed by atoms with van der Waals surface area (Å²) in [5.74, 6) is -0.267. The molecule has 0 radical (unpaired) electrons. The Morgan fingerprint density at radius 1 is 1.15 bits per heavy atom. The molecule has 0 atom stereocenters. The van der Waals surface area contributed by atoms with Crippen molar-refractivity contribution in [3.8, 4) is 11.3 Å². The average molecular weight is 383 g/mol. The molecule has 4 rings (SSSR count). The van der Waals surface area contributed by atoms with Crippen LogP contribution in [0.15, 0.2) is 48.8 Å². The molecule has 0 spiro atoms. The number of thiazole rings is 1. The Balaban J connectivity index is 1.69. The first-order chi connectivity index (χ1) is 12.5. The van der Waals surface area contributed by atoms with Gasteiger partial charge in [-0.1, -0.05) is 47.2 Å². The molecular weight excluding hydrogens is 368 g/mol. The smallest absolute Gasteiger partial charge is 0.284 e. The molecule has 0 saturated carbocycles. The summed E-state index contributed by atoms with van der Waals surface area (Å²) in [6.45, 7) is 3.92. The second kappa shape index (κ2) is 6.55. The number of rotatable bonds is 3. The van der Waals surface area contributed by atoms with Crippen molar-refractivity contribution in [2.75, 3.05) is 5.32 Å². The van der Waals surface area contributed by atoms with Gasteiger partial charge in [0.2, 0.25) is 0 Å². The van der Waals surface area contributed by atoms with Gasteiger partial charge in [-0.3, -0.25) is 4.79 Å². The molecular formula is C19H15ClN4OS. The molecule has 0 aliphatic rings. The lowest BCUT2D eigenvalue weighted by molar-refractivity contribution is 0.102. The fourth-order valence-electron chi connectivity index (χ4n) is 2.86. The molecule has 0 fully saturated rings. The van der Waals surface area contributed by atoms with Gasteiger partial charge in [-0.05, 0) is 37.1 Å². The number of fused-ring (bicyclic) bond motifs is 1. The number of amides is 1. The maximum absolute atomic E-state index is 12.7. The number of halogens is 1. The number of benzene rings is 1. The molecule has 130 valence electrons. The van der Waals surface area contributed by atoms with E-state index in [1.807, 2.05) is 56.4 Å². The van der Waals surface area contributed by atoms with E-state index in [9.17, 15) is 4.79 Å². The van der Waals surface area contributed by atoms with E-state index in [2.05, 4.69) is 15.4 Å². The molecule has 0 bridgehead atoms. The number of aromatic nitrogens is 3. The van der Waals surface area contributed by atoms with E-state index in [1.54, 1.807) is 10.7 Å². The van der Waals surface area contributed by atoms with Crippen molar-refractivity contribution in [1.29, 1.82) is 0 Å². The second-order valence-corrected chi connectivity index (χ2v) is 7.55. The van der Waals surface area contributed by atoms with E-state index >= 15 is 0 Å². The predicted molar refractivity (Wildman–Crippen MR) is 105 cm³/mol. The number of nitrogens with one attached hydrogen (secondary N) is 1. The highest BCUT2D eigenvalue weighted by Crippen LogP contribution is 2.35. The highest BCUT2D eigenvalue weighted by atomic mass is 35.5. The van der Waals surface area contributed by atoms with Gasteiger partial charge in [-0.25, -0.2) is 9.50 Å². The van der Waals surface area contributed by atoms with Crippen LogP contribution >= 0.6 is 22.9 Å². The number of carbonyl (C=O) groups excluding carboxylic acids is 1. The predicted octanol–water partition coefficient (Wildman–Crippen LogP) is 4.98. The Morgan fingerprint density at radius 2 is 1.92 bits per heavy atom. The monoisotopic (exact) mass is 382 g/mol. The third kappa shape index (κ3) is 2.87. The highest BCUT2D eigenvalue weighted by molar-refractivity contribution is 7.18. The number of para-hydroxylation sites is 1. The van der Waals surface area contributed by atoms with Gasteiger partial charge in [0.1, 0.15) is 10.0 Å². The first kappa shape index (κ1) is 16.8. The Kier molecular flexibility index (Phi) is 4.22. The maximum atomic E-state index is 12.7. The van der Waals surface area contributed by atoms with Crippen LogP contribution in [0.25, 0.3) is 16.8 Å². The summed E-state index contributed by atoms with van der Waals surface area (Å²) in [6.07, 6.45) is 3.57. The molecule has 0 saturated heterocycles. The van der Waals surface area contributed by atoms with Crippen LogP contribution in [-0.4, -0.2) is 20.5 Å². The van der Waals surface area contributed by atoms with Crippen LogP contribution in [0.2, 0.25) is 4.34 Å². The van der Waals surface area contributed by atoms with E-state index in [0.29, 0.717) is 15.0 Å². The fraction of sp³-hybridized carbons (Fsp3) is 0.105. The van der Waals surface area contributed by atoms with Crippen molar-refractivity contribution < 1.29 is 4.79 Å². The third-order valence-electron chi connectivity index (χ3n) is 4.18. The van der Waals surface area contributed by atoms with Crippen molar-refractivity contribution in [3.63, 3.8) is 0 Å². The number of hydrogen-bond acceptors (Lipinski definition) is 4.